The van der Waals surface area contributed by atoms with E-state index in [1.54, 1.807) is 7.11 Å². The number of hydrogen-bond acceptors (Lipinski definition) is 3. The number of nitrogens with two attached hydrogens (primary N) is 1. The van der Waals surface area contributed by atoms with Crippen LogP contribution in [0.25, 0.3) is 0 Å². The summed E-state index contributed by atoms with van der Waals surface area (Å²) >= 11 is 0. The van der Waals surface area contributed by atoms with Gasteiger partial charge >= 0.3 is 0 Å². The highest BCUT2D eigenvalue weighted by atomic mass is 16.5. The Morgan fingerprint density at radius 2 is 2.19 bits per heavy atom. The van der Waals surface area contributed by atoms with Crippen molar-refractivity contribution in [2.45, 2.75) is 38.3 Å². The number of rotatable bonds is 6. The lowest BCUT2D eigenvalue weighted by atomic mass is 10.1. The van der Waals surface area contributed by atoms with E-state index >= 15 is 0 Å². The molecule has 0 aliphatic heterocycles. The molecule has 0 aromatic carbocycles. The summed E-state index contributed by atoms with van der Waals surface area (Å²) in [5, 5.41) is 0. The van der Waals surface area contributed by atoms with Gasteiger partial charge in [-0.15, -0.1) is 0 Å². The zero-order valence-electron chi connectivity index (χ0n) is 10.2. The summed E-state index contributed by atoms with van der Waals surface area (Å²) in [5.74, 6) is 1.03. The van der Waals surface area contributed by atoms with E-state index in [1.807, 2.05) is 4.90 Å². The van der Waals surface area contributed by atoms with Crippen molar-refractivity contribution in [3.8, 4) is 0 Å². The van der Waals surface area contributed by atoms with E-state index < -0.39 is 0 Å². The van der Waals surface area contributed by atoms with Crippen LogP contribution in [0.2, 0.25) is 0 Å². The van der Waals surface area contributed by atoms with Crippen LogP contribution in [0, 0.1) is 11.8 Å². The molecule has 2 aliphatic rings. The van der Waals surface area contributed by atoms with Gasteiger partial charge in [0.25, 0.3) is 0 Å². The number of ether oxygens (including phenoxy) is 1. The summed E-state index contributed by atoms with van der Waals surface area (Å²) in [4.78, 5) is 14.2. The molecule has 4 heteroatoms. The van der Waals surface area contributed by atoms with E-state index in [0.717, 1.165) is 6.42 Å². The van der Waals surface area contributed by atoms with Crippen molar-refractivity contribution in [3.05, 3.63) is 0 Å². The van der Waals surface area contributed by atoms with Gasteiger partial charge < -0.3 is 15.4 Å². The normalized spacial score (nSPS) is 29.9. The van der Waals surface area contributed by atoms with Gasteiger partial charge in [0.05, 0.1) is 12.5 Å². The first-order chi connectivity index (χ1) is 7.65. The summed E-state index contributed by atoms with van der Waals surface area (Å²) in [6.45, 7) is 3.47. The fourth-order valence-electron chi connectivity index (χ4n) is 2.25. The minimum Gasteiger partial charge on any atom is -0.383 e. The molecule has 3 atom stereocenters. The predicted molar refractivity (Wildman–Crippen MR) is 61.9 cm³/mol. The second-order valence-electron chi connectivity index (χ2n) is 5.11. The highest BCUT2D eigenvalue weighted by Gasteiger charge is 2.45. The molecule has 4 nitrogen and oxygen atoms in total. The molecule has 2 aliphatic carbocycles. The van der Waals surface area contributed by atoms with E-state index in [0.29, 0.717) is 25.1 Å². The van der Waals surface area contributed by atoms with Crippen LogP contribution < -0.4 is 5.73 Å². The minimum atomic E-state index is 0.0815. The molecule has 0 saturated heterocycles. The van der Waals surface area contributed by atoms with Crippen molar-refractivity contribution in [1.82, 2.24) is 4.90 Å². The highest BCUT2D eigenvalue weighted by Crippen LogP contribution is 2.37. The van der Waals surface area contributed by atoms with Gasteiger partial charge in [-0.1, -0.05) is 0 Å². The zero-order chi connectivity index (χ0) is 11.7. The molecule has 2 saturated carbocycles. The Kier molecular flexibility index (Phi) is 3.50. The van der Waals surface area contributed by atoms with Crippen LogP contribution in [0.1, 0.15) is 26.2 Å². The molecule has 0 heterocycles. The van der Waals surface area contributed by atoms with E-state index in [4.69, 9.17) is 10.5 Å². The van der Waals surface area contributed by atoms with Gasteiger partial charge in [-0.2, -0.15) is 0 Å². The van der Waals surface area contributed by atoms with E-state index in [9.17, 15) is 4.79 Å². The molecule has 92 valence electrons. The van der Waals surface area contributed by atoms with Crippen LogP contribution in [-0.2, 0) is 9.53 Å². The maximum atomic E-state index is 12.2. The van der Waals surface area contributed by atoms with Crippen LogP contribution in [0.5, 0.6) is 0 Å². The molecular formula is C12H22N2O2. The molecule has 2 N–H and O–H groups in total. The van der Waals surface area contributed by atoms with Gasteiger partial charge in [-0.3, -0.25) is 4.79 Å². The Morgan fingerprint density at radius 1 is 1.56 bits per heavy atom. The first-order valence-electron chi connectivity index (χ1n) is 6.20. The van der Waals surface area contributed by atoms with E-state index in [1.165, 1.54) is 12.8 Å². The summed E-state index contributed by atoms with van der Waals surface area (Å²) in [7, 11) is 1.67. The standard InChI is InChI=1S/C12H22N2O2/c1-8(9-3-4-9)14(5-6-16-2)12(15)10-7-11(10)13/h8-11H,3-7,13H2,1-2H3. The first-order valence-corrected chi connectivity index (χ1v) is 6.20. The largest absolute Gasteiger partial charge is 0.383 e. The van der Waals surface area contributed by atoms with E-state index in [-0.39, 0.29) is 17.9 Å². The van der Waals surface area contributed by atoms with Gasteiger partial charge in [0.1, 0.15) is 0 Å². The molecular weight excluding hydrogens is 204 g/mol. The average Bonchev–Trinajstić information content (AvgIpc) is 3.11. The van der Waals surface area contributed by atoms with Crippen molar-refractivity contribution >= 4 is 5.91 Å². The molecule has 0 bridgehead atoms. The maximum absolute atomic E-state index is 12.2. The monoisotopic (exact) mass is 226 g/mol. The lowest BCUT2D eigenvalue weighted by Gasteiger charge is -2.29. The number of carbonyl (C=O) groups excluding carboxylic acids is 1. The molecule has 0 aromatic heterocycles. The molecule has 16 heavy (non-hydrogen) atoms. The third-order valence-corrected chi connectivity index (χ3v) is 3.77. The highest BCUT2D eigenvalue weighted by molar-refractivity contribution is 5.82. The van der Waals surface area contributed by atoms with Crippen molar-refractivity contribution in [2.75, 3.05) is 20.3 Å². The Hall–Kier alpha value is -0.610. The van der Waals surface area contributed by atoms with Crippen molar-refractivity contribution < 1.29 is 9.53 Å². The lowest BCUT2D eigenvalue weighted by molar-refractivity contribution is -0.135. The predicted octanol–water partition coefficient (Wildman–Crippen LogP) is 0.607. The van der Waals surface area contributed by atoms with Gasteiger partial charge in [0, 0.05) is 25.7 Å². The first kappa shape index (κ1) is 11.9. The van der Waals surface area contributed by atoms with Crippen LogP contribution in [0.3, 0.4) is 0 Å². The van der Waals surface area contributed by atoms with Crippen LogP contribution in [0.15, 0.2) is 0 Å². The molecule has 2 rings (SSSR count). The number of nitrogens with zero attached hydrogens (tertiary/aromatic N) is 1. The van der Waals surface area contributed by atoms with Crippen LogP contribution in [-0.4, -0.2) is 43.2 Å². The van der Waals surface area contributed by atoms with Gasteiger partial charge in [-0.05, 0) is 32.1 Å². The summed E-state index contributed by atoms with van der Waals surface area (Å²) in [6.07, 6.45) is 3.38. The van der Waals surface area contributed by atoms with Crippen LogP contribution >= 0.6 is 0 Å². The lowest BCUT2D eigenvalue weighted by Crippen LogP contribution is -2.43. The molecule has 1 amide bonds. The fraction of sp³-hybridized carbons (Fsp3) is 0.917. The average molecular weight is 226 g/mol. The fourth-order valence-corrected chi connectivity index (χ4v) is 2.25. The molecule has 0 aromatic rings. The van der Waals surface area contributed by atoms with Crippen LogP contribution in [0.4, 0.5) is 0 Å². The van der Waals surface area contributed by atoms with Gasteiger partial charge in [-0.25, -0.2) is 0 Å². The number of amides is 1. The summed E-state index contributed by atoms with van der Waals surface area (Å²) < 4.78 is 5.07. The summed E-state index contributed by atoms with van der Waals surface area (Å²) in [5.41, 5.74) is 5.75. The zero-order valence-corrected chi connectivity index (χ0v) is 10.2. The van der Waals surface area contributed by atoms with E-state index in [2.05, 4.69) is 6.92 Å². The Morgan fingerprint density at radius 3 is 2.62 bits per heavy atom. The second-order valence-corrected chi connectivity index (χ2v) is 5.11. The molecule has 0 spiro atoms. The SMILES string of the molecule is COCCN(C(=O)C1CC1N)C(C)C1CC1. The third kappa shape index (κ3) is 2.55. The quantitative estimate of drug-likeness (QED) is 0.722. The maximum Gasteiger partial charge on any atom is 0.227 e. The third-order valence-electron chi connectivity index (χ3n) is 3.77. The summed E-state index contributed by atoms with van der Waals surface area (Å²) in [6, 6.07) is 0.458. The Bertz CT molecular complexity index is 266. The van der Waals surface area contributed by atoms with Gasteiger partial charge in [0.2, 0.25) is 5.91 Å². The van der Waals surface area contributed by atoms with Crippen molar-refractivity contribution in [1.29, 1.82) is 0 Å². The topological polar surface area (TPSA) is 55.6 Å². The Labute approximate surface area is 97.1 Å². The van der Waals surface area contributed by atoms with Crippen molar-refractivity contribution in [3.63, 3.8) is 0 Å². The number of hydrogen-bond donors (Lipinski definition) is 1. The Balaban J connectivity index is 1.92. The van der Waals surface area contributed by atoms with Crippen molar-refractivity contribution in [2.24, 2.45) is 17.6 Å². The number of carbonyl (C=O) groups is 1. The second kappa shape index (κ2) is 4.72. The van der Waals surface area contributed by atoms with Gasteiger partial charge in [0.15, 0.2) is 0 Å². The molecule has 3 unspecified atom stereocenters. The smallest absolute Gasteiger partial charge is 0.227 e. The minimum absolute atomic E-state index is 0.0815. The number of methoxy groups -OCH3 is 1. The molecule has 0 radical (unpaired) electrons. The molecule has 2 fully saturated rings.